The second kappa shape index (κ2) is 4.03. The molecule has 0 aliphatic heterocycles. The molecule has 2 atom stereocenters. The molecule has 2 aliphatic rings. The first-order chi connectivity index (χ1) is 8.70. The number of hydrogen-bond donors (Lipinski definition) is 0. The average molecular weight is 234 g/mol. The predicted octanol–water partition coefficient (Wildman–Crippen LogP) is 2.21. The van der Waals surface area contributed by atoms with E-state index in [4.69, 9.17) is 0 Å². The van der Waals surface area contributed by atoms with Gasteiger partial charge in [0.25, 0.3) is 0 Å². The van der Waals surface area contributed by atoms with Gasteiger partial charge in [0.1, 0.15) is 0 Å². The molecule has 2 rings (SSSR count). The fraction of sp³-hybridized carbons (Fsp3) is 0.429. The molecule has 4 heteroatoms. The molecule has 4 nitrogen and oxygen atoms in total. The van der Waals surface area contributed by atoms with Gasteiger partial charge in [-0.1, -0.05) is 24.3 Å². The Kier molecular flexibility index (Phi) is 2.67. The van der Waals surface area contributed by atoms with Crippen molar-refractivity contribution in [1.29, 1.82) is 21.0 Å². The number of allylic oxidation sites excluding steroid dienone is 4. The number of fused-ring (bicyclic) bond motifs is 2. The second-order valence-electron chi connectivity index (χ2n) is 4.65. The Balaban J connectivity index is 2.72. The fourth-order valence-corrected chi connectivity index (χ4v) is 3.04. The van der Waals surface area contributed by atoms with Crippen LogP contribution in [0, 0.1) is 68.0 Å². The van der Waals surface area contributed by atoms with E-state index in [0.29, 0.717) is 12.8 Å². The molecule has 0 aromatic rings. The van der Waals surface area contributed by atoms with E-state index in [1.165, 1.54) is 0 Å². The normalized spacial score (nSPS) is 33.6. The van der Waals surface area contributed by atoms with E-state index in [1.54, 1.807) is 12.2 Å². The van der Waals surface area contributed by atoms with Crippen molar-refractivity contribution in [2.24, 2.45) is 22.7 Å². The Morgan fingerprint density at radius 2 is 1.50 bits per heavy atom. The largest absolute Gasteiger partial charge is 0.196 e. The molecule has 0 aromatic heterocycles. The van der Waals surface area contributed by atoms with Gasteiger partial charge in [-0.15, -0.1) is 0 Å². The lowest BCUT2D eigenvalue weighted by Crippen LogP contribution is -2.40. The molecule has 18 heavy (non-hydrogen) atoms. The quantitative estimate of drug-likeness (QED) is 0.641. The molecular formula is C14H10N4. The van der Waals surface area contributed by atoms with Gasteiger partial charge in [-0.3, -0.25) is 0 Å². The maximum atomic E-state index is 9.42. The first-order valence-corrected chi connectivity index (χ1v) is 5.69. The maximum absolute atomic E-state index is 9.42. The summed E-state index contributed by atoms with van der Waals surface area (Å²) in [7, 11) is 0. The number of nitriles is 4. The molecule has 0 aromatic carbocycles. The van der Waals surface area contributed by atoms with E-state index < -0.39 is 10.8 Å². The number of nitrogens with zero attached hydrogens (tertiary/aromatic N) is 4. The van der Waals surface area contributed by atoms with E-state index in [1.807, 2.05) is 36.4 Å². The lowest BCUT2D eigenvalue weighted by atomic mass is 9.62. The van der Waals surface area contributed by atoms with E-state index in [2.05, 4.69) is 0 Å². The van der Waals surface area contributed by atoms with Crippen LogP contribution in [0.25, 0.3) is 0 Å². The minimum atomic E-state index is -1.57. The van der Waals surface area contributed by atoms with E-state index in [0.717, 1.165) is 0 Å². The summed E-state index contributed by atoms with van der Waals surface area (Å²) < 4.78 is 0. The minimum absolute atomic E-state index is 0.266. The van der Waals surface area contributed by atoms with Crippen LogP contribution < -0.4 is 0 Å². The van der Waals surface area contributed by atoms with Crippen LogP contribution in [-0.4, -0.2) is 0 Å². The van der Waals surface area contributed by atoms with Gasteiger partial charge in [0.05, 0.1) is 24.3 Å². The average Bonchev–Trinajstić information content (AvgIpc) is 2.67. The molecule has 1 fully saturated rings. The van der Waals surface area contributed by atoms with Crippen molar-refractivity contribution < 1.29 is 0 Å². The van der Waals surface area contributed by atoms with Gasteiger partial charge >= 0.3 is 0 Å². The molecular weight excluding hydrogens is 224 g/mol. The zero-order valence-electron chi connectivity index (χ0n) is 9.67. The van der Waals surface area contributed by atoms with Crippen LogP contribution in [0.3, 0.4) is 0 Å². The summed E-state index contributed by atoms with van der Waals surface area (Å²) in [6, 6.07) is 7.87. The smallest absolute Gasteiger partial charge is 0.181 e. The topological polar surface area (TPSA) is 95.2 Å². The highest BCUT2D eigenvalue weighted by atomic mass is 14.7. The summed E-state index contributed by atoms with van der Waals surface area (Å²) in [6.07, 6.45) is 8.35. The van der Waals surface area contributed by atoms with Gasteiger partial charge in [-0.25, -0.2) is 0 Å². The first-order valence-electron chi connectivity index (χ1n) is 5.69. The van der Waals surface area contributed by atoms with Crippen LogP contribution >= 0.6 is 0 Å². The molecule has 86 valence electrons. The molecule has 0 N–H and O–H groups in total. The fourth-order valence-electron chi connectivity index (χ4n) is 3.04. The van der Waals surface area contributed by atoms with Gasteiger partial charge in [0, 0.05) is 5.92 Å². The third-order valence-electron chi connectivity index (χ3n) is 4.05. The third-order valence-corrected chi connectivity index (χ3v) is 4.05. The van der Waals surface area contributed by atoms with Gasteiger partial charge in [-0.2, -0.15) is 21.0 Å². The van der Waals surface area contributed by atoms with Gasteiger partial charge in [0.2, 0.25) is 0 Å². The van der Waals surface area contributed by atoms with Crippen LogP contribution in [0.4, 0.5) is 0 Å². The number of hydrogen-bond acceptors (Lipinski definition) is 4. The van der Waals surface area contributed by atoms with Gasteiger partial charge in [-0.05, 0) is 18.8 Å². The SMILES string of the molecule is N#CC1(C#N)C2/C=C\C=C/CC(C2)C1(C#N)C#N. The van der Waals surface area contributed by atoms with Crippen molar-refractivity contribution in [2.75, 3.05) is 0 Å². The molecule has 2 aliphatic carbocycles. The van der Waals surface area contributed by atoms with Crippen LogP contribution in [0.1, 0.15) is 12.8 Å². The summed E-state index contributed by atoms with van der Waals surface area (Å²) in [5.74, 6) is -0.625. The predicted molar refractivity (Wildman–Crippen MR) is 61.8 cm³/mol. The van der Waals surface area contributed by atoms with Crippen LogP contribution in [0.15, 0.2) is 24.3 Å². The van der Waals surface area contributed by atoms with Gasteiger partial charge in [0.15, 0.2) is 10.8 Å². The van der Waals surface area contributed by atoms with E-state index in [9.17, 15) is 21.0 Å². The van der Waals surface area contributed by atoms with Crippen molar-refractivity contribution in [3.8, 4) is 24.3 Å². The highest BCUT2D eigenvalue weighted by Crippen LogP contribution is 2.60. The van der Waals surface area contributed by atoms with Crippen molar-refractivity contribution in [3.05, 3.63) is 24.3 Å². The summed E-state index contributed by atoms with van der Waals surface area (Å²) in [5.41, 5.74) is -3.11. The molecule has 2 unspecified atom stereocenters. The van der Waals surface area contributed by atoms with Crippen molar-refractivity contribution >= 4 is 0 Å². The van der Waals surface area contributed by atoms with Crippen LogP contribution in [-0.2, 0) is 0 Å². The van der Waals surface area contributed by atoms with Crippen LogP contribution in [0.2, 0.25) is 0 Å². The Hall–Kier alpha value is -2.56. The highest BCUT2D eigenvalue weighted by molar-refractivity contribution is 5.42. The molecule has 1 saturated carbocycles. The Bertz CT molecular complexity index is 557. The van der Waals surface area contributed by atoms with Crippen molar-refractivity contribution in [3.63, 3.8) is 0 Å². The third kappa shape index (κ3) is 1.15. The highest BCUT2D eigenvalue weighted by Gasteiger charge is 2.67. The molecule has 0 saturated heterocycles. The molecule has 0 spiro atoms. The number of rotatable bonds is 0. The minimum Gasteiger partial charge on any atom is -0.196 e. The van der Waals surface area contributed by atoms with E-state index >= 15 is 0 Å². The first kappa shape index (κ1) is 11.9. The Morgan fingerprint density at radius 3 is 2.06 bits per heavy atom. The standard InChI is InChI=1S/C14H10N4/c15-7-13(8-16)11-4-2-1-3-5-12(6-11)14(13,9-17)10-18/h1-4,11-12H,5-6H2/b3-1-,4-2-. The van der Waals surface area contributed by atoms with E-state index in [-0.39, 0.29) is 11.8 Å². The molecule has 0 heterocycles. The monoisotopic (exact) mass is 234 g/mol. The van der Waals surface area contributed by atoms with Gasteiger partial charge < -0.3 is 0 Å². The van der Waals surface area contributed by atoms with Crippen molar-refractivity contribution in [1.82, 2.24) is 0 Å². The lowest BCUT2D eigenvalue weighted by Gasteiger charge is -2.29. The zero-order chi connectivity index (χ0) is 13.2. The molecule has 0 amide bonds. The summed E-state index contributed by atoms with van der Waals surface area (Å²) in [6.45, 7) is 0. The summed E-state index contributed by atoms with van der Waals surface area (Å²) in [5, 5.41) is 37.7. The molecule has 2 bridgehead atoms. The van der Waals surface area contributed by atoms with Crippen molar-refractivity contribution in [2.45, 2.75) is 12.8 Å². The summed E-state index contributed by atoms with van der Waals surface area (Å²) >= 11 is 0. The Morgan fingerprint density at radius 1 is 0.889 bits per heavy atom. The van der Waals surface area contributed by atoms with Crippen LogP contribution in [0.5, 0.6) is 0 Å². The molecule has 0 radical (unpaired) electrons. The maximum Gasteiger partial charge on any atom is 0.181 e. The summed E-state index contributed by atoms with van der Waals surface area (Å²) in [4.78, 5) is 0. The lowest BCUT2D eigenvalue weighted by molar-refractivity contribution is 0.266. The zero-order valence-corrected chi connectivity index (χ0v) is 9.67. The Labute approximate surface area is 106 Å². The second-order valence-corrected chi connectivity index (χ2v) is 4.65.